The maximum Gasteiger partial charge on any atom is 0.240 e. The van der Waals surface area contributed by atoms with Gasteiger partial charge in [-0.2, -0.15) is 5.10 Å². The normalized spacial score (nSPS) is 24.7. The van der Waals surface area contributed by atoms with E-state index in [9.17, 15) is 4.79 Å². The summed E-state index contributed by atoms with van der Waals surface area (Å²) in [6.45, 7) is 4.16. The summed E-state index contributed by atoms with van der Waals surface area (Å²) in [6, 6.07) is 10.3. The van der Waals surface area contributed by atoms with Gasteiger partial charge in [0.25, 0.3) is 0 Å². The van der Waals surface area contributed by atoms with Crippen LogP contribution in [0, 0.1) is 0 Å². The summed E-state index contributed by atoms with van der Waals surface area (Å²) in [5.41, 5.74) is 4.90. The molecule has 1 unspecified atom stereocenters. The molecule has 0 radical (unpaired) electrons. The van der Waals surface area contributed by atoms with Crippen molar-refractivity contribution < 1.29 is 9.53 Å². The van der Waals surface area contributed by atoms with E-state index in [4.69, 9.17) is 4.74 Å². The summed E-state index contributed by atoms with van der Waals surface area (Å²) in [7, 11) is 2.15. The van der Waals surface area contributed by atoms with Crippen LogP contribution in [0.5, 0.6) is 0 Å². The number of hydrogen-bond acceptors (Lipinski definition) is 4. The van der Waals surface area contributed by atoms with E-state index in [1.54, 1.807) is 0 Å². The van der Waals surface area contributed by atoms with Crippen molar-refractivity contribution in [3.63, 3.8) is 0 Å². The third kappa shape index (κ3) is 4.89. The van der Waals surface area contributed by atoms with E-state index in [1.807, 2.05) is 25.1 Å². The molecule has 2 aliphatic rings. The number of likely N-dealkylation sites (tertiary alicyclic amines) is 1. The van der Waals surface area contributed by atoms with Crippen molar-refractivity contribution in [2.75, 3.05) is 20.1 Å². The molecule has 1 aromatic carbocycles. The topological polar surface area (TPSA) is 53.9 Å². The highest BCUT2D eigenvalue weighted by atomic mass is 16.5. The molecule has 2 aliphatic heterocycles. The van der Waals surface area contributed by atoms with Crippen molar-refractivity contribution in [2.45, 2.75) is 57.2 Å². The summed E-state index contributed by atoms with van der Waals surface area (Å²) < 4.78 is 6.21. The molecule has 5 heteroatoms. The van der Waals surface area contributed by atoms with Gasteiger partial charge in [0, 0.05) is 25.9 Å². The Kier molecular flexibility index (Phi) is 5.86. The Morgan fingerprint density at radius 3 is 2.76 bits per heavy atom. The predicted octanol–water partition coefficient (Wildman–Crippen LogP) is 2.75. The summed E-state index contributed by atoms with van der Waals surface area (Å²) in [4.78, 5) is 14.4. The number of piperidine rings is 1. The molecule has 0 aromatic heterocycles. The molecule has 1 atom stereocenters. The molecular weight excluding hydrogens is 314 g/mol. The Labute approximate surface area is 150 Å². The second-order valence-electron chi connectivity index (χ2n) is 7.40. The second-order valence-corrected chi connectivity index (χ2v) is 7.40. The maximum atomic E-state index is 12.0. The van der Waals surface area contributed by atoms with Crippen LogP contribution in [0.1, 0.15) is 44.6 Å². The van der Waals surface area contributed by atoms with Gasteiger partial charge in [-0.15, -0.1) is 0 Å². The molecule has 2 heterocycles. The Bertz CT molecular complexity index is 607. The van der Waals surface area contributed by atoms with Crippen LogP contribution in [0.3, 0.4) is 0 Å². The lowest BCUT2D eigenvalue weighted by molar-refractivity contribution is -0.121. The quantitative estimate of drug-likeness (QED) is 0.837. The molecule has 3 rings (SSSR count). The van der Waals surface area contributed by atoms with Crippen molar-refractivity contribution in [1.82, 2.24) is 10.3 Å². The van der Waals surface area contributed by atoms with E-state index in [0.29, 0.717) is 6.42 Å². The van der Waals surface area contributed by atoms with E-state index in [1.165, 1.54) is 5.56 Å². The lowest BCUT2D eigenvalue weighted by atomic mass is 9.88. The number of aryl methyl sites for hydroxylation is 1. The number of hydrogen-bond donors (Lipinski definition) is 1. The fourth-order valence-electron chi connectivity index (χ4n) is 3.70. The van der Waals surface area contributed by atoms with Crippen LogP contribution in [0.4, 0.5) is 0 Å². The predicted molar refractivity (Wildman–Crippen MR) is 99.6 cm³/mol. The molecule has 5 nitrogen and oxygen atoms in total. The first kappa shape index (κ1) is 18.1. The van der Waals surface area contributed by atoms with E-state index < -0.39 is 0 Å². The van der Waals surface area contributed by atoms with Gasteiger partial charge >= 0.3 is 0 Å². The molecule has 1 aromatic rings. The fourth-order valence-corrected chi connectivity index (χ4v) is 3.70. The van der Waals surface area contributed by atoms with Crippen molar-refractivity contribution in [3.8, 4) is 0 Å². The fraction of sp³-hybridized carbons (Fsp3) is 0.600. The zero-order valence-electron chi connectivity index (χ0n) is 15.3. The van der Waals surface area contributed by atoms with E-state index in [2.05, 4.69) is 34.6 Å². The molecule has 0 aliphatic carbocycles. The van der Waals surface area contributed by atoms with E-state index in [0.717, 1.165) is 50.9 Å². The number of hydrazone groups is 1. The zero-order chi connectivity index (χ0) is 17.7. The van der Waals surface area contributed by atoms with Crippen molar-refractivity contribution in [2.24, 2.45) is 5.10 Å². The van der Waals surface area contributed by atoms with Gasteiger partial charge in [0.2, 0.25) is 5.91 Å². The van der Waals surface area contributed by atoms with E-state index in [-0.39, 0.29) is 17.6 Å². The minimum atomic E-state index is -0.0667. The number of ether oxygens (including phenoxy) is 1. The number of carbonyl (C=O) groups is 1. The Morgan fingerprint density at radius 1 is 1.32 bits per heavy atom. The van der Waals surface area contributed by atoms with Crippen LogP contribution in [0.25, 0.3) is 0 Å². The zero-order valence-corrected chi connectivity index (χ0v) is 15.3. The summed E-state index contributed by atoms with van der Waals surface area (Å²) in [5, 5.41) is 4.38. The molecule has 136 valence electrons. The van der Waals surface area contributed by atoms with Crippen LogP contribution in [-0.4, -0.2) is 48.4 Å². The van der Waals surface area contributed by atoms with E-state index >= 15 is 0 Å². The molecule has 1 amide bonds. The SMILES string of the molecule is CC1OC2(CCN(C)CC2)C/C1=N\NC(=O)CCCc1ccccc1. The number of nitrogens with one attached hydrogen (secondary N) is 1. The number of nitrogens with zero attached hydrogens (tertiary/aromatic N) is 2. The molecule has 0 saturated carbocycles. The average molecular weight is 343 g/mol. The van der Waals surface area contributed by atoms with Gasteiger partial charge in [0.1, 0.15) is 0 Å². The first-order valence-corrected chi connectivity index (χ1v) is 9.32. The van der Waals surface area contributed by atoms with Crippen LogP contribution < -0.4 is 5.43 Å². The second kappa shape index (κ2) is 8.11. The van der Waals surface area contributed by atoms with Gasteiger partial charge in [0.15, 0.2) is 0 Å². The van der Waals surface area contributed by atoms with Gasteiger partial charge in [0.05, 0.1) is 17.4 Å². The molecule has 2 fully saturated rings. The molecular formula is C20H29N3O2. The third-order valence-electron chi connectivity index (χ3n) is 5.33. The number of amides is 1. The minimum Gasteiger partial charge on any atom is -0.366 e. The van der Waals surface area contributed by atoms with Crippen molar-refractivity contribution in [3.05, 3.63) is 35.9 Å². The first-order valence-electron chi connectivity index (χ1n) is 9.32. The minimum absolute atomic E-state index is 0.00646. The number of carbonyl (C=O) groups excluding carboxylic acids is 1. The third-order valence-corrected chi connectivity index (χ3v) is 5.33. The number of rotatable bonds is 5. The van der Waals surface area contributed by atoms with Crippen LogP contribution >= 0.6 is 0 Å². The van der Waals surface area contributed by atoms with Crippen LogP contribution in [-0.2, 0) is 16.0 Å². The smallest absolute Gasteiger partial charge is 0.240 e. The lowest BCUT2D eigenvalue weighted by Gasteiger charge is -2.36. The van der Waals surface area contributed by atoms with Gasteiger partial charge in [-0.1, -0.05) is 30.3 Å². The lowest BCUT2D eigenvalue weighted by Crippen LogP contribution is -2.42. The van der Waals surface area contributed by atoms with Gasteiger partial charge < -0.3 is 9.64 Å². The molecule has 1 N–H and O–H groups in total. The molecule has 25 heavy (non-hydrogen) atoms. The molecule has 0 bridgehead atoms. The van der Waals surface area contributed by atoms with Gasteiger partial charge in [-0.3, -0.25) is 4.79 Å². The van der Waals surface area contributed by atoms with Gasteiger partial charge in [-0.25, -0.2) is 5.43 Å². The number of benzene rings is 1. The summed E-state index contributed by atoms with van der Waals surface area (Å²) >= 11 is 0. The monoisotopic (exact) mass is 343 g/mol. The van der Waals surface area contributed by atoms with Gasteiger partial charge in [-0.05, 0) is 45.2 Å². The first-order chi connectivity index (χ1) is 12.1. The molecule has 2 saturated heterocycles. The standard InChI is InChI=1S/C20H29N3O2/c1-16-18(15-20(25-16)11-13-23(2)14-12-20)21-22-19(24)10-6-9-17-7-4-3-5-8-17/h3-5,7-8,16H,6,9-15H2,1-2H3,(H,22,24)/b21-18+. The average Bonchev–Trinajstić information content (AvgIpc) is 2.92. The summed E-state index contributed by atoms with van der Waals surface area (Å²) in [6.07, 6.45) is 5.16. The van der Waals surface area contributed by atoms with Crippen LogP contribution in [0.15, 0.2) is 35.4 Å². The maximum absolute atomic E-state index is 12.0. The van der Waals surface area contributed by atoms with Crippen molar-refractivity contribution >= 4 is 11.6 Å². The highest BCUT2D eigenvalue weighted by Crippen LogP contribution is 2.37. The highest BCUT2D eigenvalue weighted by molar-refractivity contribution is 5.92. The van der Waals surface area contributed by atoms with Crippen molar-refractivity contribution in [1.29, 1.82) is 0 Å². The Morgan fingerprint density at radius 2 is 2.04 bits per heavy atom. The van der Waals surface area contributed by atoms with Crippen LogP contribution in [0.2, 0.25) is 0 Å². The largest absolute Gasteiger partial charge is 0.366 e. The molecule has 1 spiro atoms. The summed E-state index contributed by atoms with van der Waals surface area (Å²) in [5.74, 6) is -0.0139. The Hall–Kier alpha value is -1.72. The highest BCUT2D eigenvalue weighted by Gasteiger charge is 2.44. The Balaban J connectivity index is 1.44.